The van der Waals surface area contributed by atoms with Gasteiger partial charge in [-0.25, -0.2) is 14.5 Å². The highest BCUT2D eigenvalue weighted by Gasteiger charge is 2.18. The lowest BCUT2D eigenvalue weighted by Crippen LogP contribution is -2.11. The molecule has 0 saturated heterocycles. The second-order valence-electron chi connectivity index (χ2n) is 5.08. The lowest BCUT2D eigenvalue weighted by molar-refractivity contribution is 0.523. The fourth-order valence-electron chi connectivity index (χ4n) is 2.53. The third kappa shape index (κ3) is 1.65. The molecule has 0 aliphatic rings. The molecule has 0 aliphatic heterocycles. The van der Waals surface area contributed by atoms with Crippen molar-refractivity contribution in [1.82, 2.24) is 39.1 Å². The summed E-state index contributed by atoms with van der Waals surface area (Å²) in [6.45, 7) is 4.04. The highest BCUT2D eigenvalue weighted by atomic mass is 15.4. The Hall–Kier alpha value is -2.77. The molecule has 0 radical (unpaired) electrons. The fraction of sp³-hybridized carbons (Fsp3) is 0.308. The summed E-state index contributed by atoms with van der Waals surface area (Å²) in [6.07, 6.45) is 5.21. The predicted molar refractivity (Wildman–Crippen MR) is 75.8 cm³/mol. The van der Waals surface area contributed by atoms with E-state index in [1.807, 2.05) is 31.6 Å². The van der Waals surface area contributed by atoms with E-state index in [2.05, 4.69) is 25.3 Å². The van der Waals surface area contributed by atoms with Crippen molar-refractivity contribution < 1.29 is 0 Å². The van der Waals surface area contributed by atoms with Crippen LogP contribution in [0.25, 0.3) is 16.7 Å². The van der Waals surface area contributed by atoms with Gasteiger partial charge in [-0.1, -0.05) is 0 Å². The van der Waals surface area contributed by atoms with E-state index >= 15 is 0 Å². The molecule has 0 aliphatic carbocycles. The van der Waals surface area contributed by atoms with Gasteiger partial charge in [0, 0.05) is 18.9 Å². The average Bonchev–Trinajstić information content (AvgIpc) is 3.16. The standard InChI is InChI=1S/C13H14N8/c1-8-4-5-15-21(8)9(2)11-17-13-10-6-16-19(3)12(10)14-7-20(13)18-11/h4-7,9H,1-3H3/t9-/m1/s1. The van der Waals surface area contributed by atoms with Crippen LogP contribution in [0.4, 0.5) is 0 Å². The molecule has 0 N–H and O–H groups in total. The lowest BCUT2D eigenvalue weighted by atomic mass is 10.3. The van der Waals surface area contributed by atoms with Gasteiger partial charge in [-0.3, -0.25) is 9.36 Å². The zero-order valence-corrected chi connectivity index (χ0v) is 12.0. The van der Waals surface area contributed by atoms with Gasteiger partial charge in [0.05, 0.1) is 11.6 Å². The fourth-order valence-corrected chi connectivity index (χ4v) is 2.53. The topological polar surface area (TPSA) is 78.7 Å². The minimum absolute atomic E-state index is 0.0355. The monoisotopic (exact) mass is 282 g/mol. The van der Waals surface area contributed by atoms with Crippen molar-refractivity contribution in [3.8, 4) is 0 Å². The first-order valence-electron chi connectivity index (χ1n) is 6.68. The van der Waals surface area contributed by atoms with Crippen molar-refractivity contribution in [2.24, 2.45) is 7.05 Å². The van der Waals surface area contributed by atoms with Gasteiger partial charge in [0.15, 0.2) is 17.1 Å². The molecule has 21 heavy (non-hydrogen) atoms. The van der Waals surface area contributed by atoms with Crippen molar-refractivity contribution >= 4 is 16.7 Å². The van der Waals surface area contributed by atoms with Crippen LogP contribution in [-0.4, -0.2) is 39.1 Å². The van der Waals surface area contributed by atoms with Gasteiger partial charge >= 0.3 is 0 Å². The summed E-state index contributed by atoms with van der Waals surface area (Å²) in [4.78, 5) is 9.01. The molecule has 106 valence electrons. The second-order valence-corrected chi connectivity index (χ2v) is 5.08. The molecule has 0 bridgehead atoms. The SMILES string of the molecule is Cc1ccnn1[C@H](C)c1nc2c3cnn(C)c3ncn2n1. The molecular weight excluding hydrogens is 268 g/mol. The Balaban J connectivity index is 1.91. The van der Waals surface area contributed by atoms with Gasteiger partial charge in [-0.15, -0.1) is 5.10 Å². The summed E-state index contributed by atoms with van der Waals surface area (Å²) in [5.41, 5.74) is 2.63. The van der Waals surface area contributed by atoms with Crippen molar-refractivity contribution in [2.75, 3.05) is 0 Å². The molecule has 1 atom stereocenters. The normalized spacial score (nSPS) is 13.3. The van der Waals surface area contributed by atoms with E-state index < -0.39 is 0 Å². The summed E-state index contributed by atoms with van der Waals surface area (Å²) >= 11 is 0. The van der Waals surface area contributed by atoms with Crippen LogP contribution in [0.5, 0.6) is 0 Å². The number of aryl methyl sites for hydroxylation is 2. The first-order chi connectivity index (χ1) is 10.1. The molecule has 0 unspecified atom stereocenters. The molecule has 4 aromatic heterocycles. The third-order valence-corrected chi connectivity index (χ3v) is 3.69. The number of nitrogens with zero attached hydrogens (tertiary/aromatic N) is 8. The van der Waals surface area contributed by atoms with Gasteiger partial charge in [0.2, 0.25) is 0 Å². The van der Waals surface area contributed by atoms with Crippen LogP contribution in [0, 0.1) is 6.92 Å². The maximum absolute atomic E-state index is 4.65. The molecule has 8 heteroatoms. The van der Waals surface area contributed by atoms with Gasteiger partial charge in [0.1, 0.15) is 12.4 Å². The van der Waals surface area contributed by atoms with E-state index in [0.29, 0.717) is 5.82 Å². The van der Waals surface area contributed by atoms with E-state index in [1.165, 1.54) is 0 Å². The lowest BCUT2D eigenvalue weighted by Gasteiger charge is -2.09. The van der Waals surface area contributed by atoms with Crippen molar-refractivity contribution in [3.05, 3.63) is 36.3 Å². The third-order valence-electron chi connectivity index (χ3n) is 3.69. The molecule has 0 saturated carbocycles. The molecule has 0 fully saturated rings. The zero-order chi connectivity index (χ0) is 14.6. The average molecular weight is 282 g/mol. The van der Waals surface area contributed by atoms with Crippen LogP contribution in [0.3, 0.4) is 0 Å². The van der Waals surface area contributed by atoms with Crippen LogP contribution >= 0.6 is 0 Å². The molecule has 4 heterocycles. The van der Waals surface area contributed by atoms with E-state index in [0.717, 1.165) is 22.4 Å². The number of fused-ring (bicyclic) bond motifs is 3. The van der Waals surface area contributed by atoms with E-state index in [9.17, 15) is 0 Å². The predicted octanol–water partition coefficient (Wildman–Crippen LogP) is 1.13. The van der Waals surface area contributed by atoms with Gasteiger partial charge in [-0.05, 0) is 19.9 Å². The van der Waals surface area contributed by atoms with E-state index in [1.54, 1.807) is 27.9 Å². The summed E-state index contributed by atoms with van der Waals surface area (Å²) in [6, 6.07) is 1.93. The zero-order valence-electron chi connectivity index (χ0n) is 12.0. The Morgan fingerprint density at radius 3 is 2.81 bits per heavy atom. The summed E-state index contributed by atoms with van der Waals surface area (Å²) in [7, 11) is 1.86. The van der Waals surface area contributed by atoms with Crippen molar-refractivity contribution in [3.63, 3.8) is 0 Å². The van der Waals surface area contributed by atoms with Crippen molar-refractivity contribution in [2.45, 2.75) is 19.9 Å². The minimum Gasteiger partial charge on any atom is -0.259 e. The summed E-state index contributed by atoms with van der Waals surface area (Å²) in [5.74, 6) is 0.708. The van der Waals surface area contributed by atoms with Crippen LogP contribution < -0.4 is 0 Å². The van der Waals surface area contributed by atoms with Crippen LogP contribution in [0.2, 0.25) is 0 Å². The van der Waals surface area contributed by atoms with Crippen molar-refractivity contribution in [1.29, 1.82) is 0 Å². The molecule has 0 aromatic carbocycles. The number of hydrogen-bond acceptors (Lipinski definition) is 5. The minimum atomic E-state index is -0.0355. The van der Waals surface area contributed by atoms with Crippen LogP contribution in [0.15, 0.2) is 24.8 Å². The molecule has 0 spiro atoms. The van der Waals surface area contributed by atoms with E-state index in [-0.39, 0.29) is 6.04 Å². The quantitative estimate of drug-likeness (QED) is 0.550. The Kier molecular flexibility index (Phi) is 2.35. The highest BCUT2D eigenvalue weighted by Crippen LogP contribution is 2.20. The molecule has 4 aromatic rings. The smallest absolute Gasteiger partial charge is 0.176 e. The highest BCUT2D eigenvalue weighted by molar-refractivity contribution is 5.88. The first kappa shape index (κ1) is 12.0. The Morgan fingerprint density at radius 1 is 1.19 bits per heavy atom. The summed E-state index contributed by atoms with van der Waals surface area (Å²) in [5, 5.41) is 13.9. The largest absolute Gasteiger partial charge is 0.259 e. The maximum atomic E-state index is 4.65. The summed E-state index contributed by atoms with van der Waals surface area (Å²) < 4.78 is 5.32. The Bertz CT molecular complexity index is 944. The molecule has 8 nitrogen and oxygen atoms in total. The van der Waals surface area contributed by atoms with Gasteiger partial charge < -0.3 is 0 Å². The van der Waals surface area contributed by atoms with Crippen LogP contribution in [-0.2, 0) is 7.05 Å². The van der Waals surface area contributed by atoms with Crippen LogP contribution in [0.1, 0.15) is 24.5 Å². The Labute approximate surface area is 120 Å². The molecule has 4 rings (SSSR count). The number of rotatable bonds is 2. The molecular formula is C13H14N8. The Morgan fingerprint density at radius 2 is 2.05 bits per heavy atom. The van der Waals surface area contributed by atoms with Gasteiger partial charge in [-0.2, -0.15) is 10.2 Å². The maximum Gasteiger partial charge on any atom is 0.176 e. The molecule has 0 amide bonds. The first-order valence-corrected chi connectivity index (χ1v) is 6.68. The number of aromatic nitrogens is 8. The van der Waals surface area contributed by atoms with Gasteiger partial charge in [0.25, 0.3) is 0 Å². The van der Waals surface area contributed by atoms with E-state index in [4.69, 9.17) is 0 Å². The number of hydrogen-bond donors (Lipinski definition) is 0. The second kappa shape index (κ2) is 4.11.